The third-order valence-corrected chi connectivity index (χ3v) is 6.18. The van der Waals surface area contributed by atoms with Gasteiger partial charge in [0.2, 0.25) is 0 Å². The molecule has 1 N–H and O–H groups in total. The van der Waals surface area contributed by atoms with Gasteiger partial charge in [-0.3, -0.25) is 14.7 Å². The van der Waals surface area contributed by atoms with E-state index in [2.05, 4.69) is 4.99 Å². The van der Waals surface area contributed by atoms with Crippen LogP contribution in [0.3, 0.4) is 0 Å². The first-order valence-corrected chi connectivity index (χ1v) is 10.8. The minimum absolute atomic E-state index is 0.254. The number of ether oxygens (including phenoxy) is 1. The number of amides is 1. The van der Waals surface area contributed by atoms with E-state index in [1.54, 1.807) is 36.5 Å². The molecule has 0 fully saturated rings. The van der Waals surface area contributed by atoms with Crippen LogP contribution in [0.25, 0.3) is 11.1 Å². The van der Waals surface area contributed by atoms with E-state index in [1.165, 1.54) is 4.90 Å². The number of anilines is 1. The van der Waals surface area contributed by atoms with Gasteiger partial charge in [0.25, 0.3) is 5.91 Å². The predicted octanol–water partition coefficient (Wildman–Crippen LogP) is 5.30. The third-order valence-electron chi connectivity index (χ3n) is 6.18. The summed E-state index contributed by atoms with van der Waals surface area (Å²) in [5.41, 5.74) is 3.11. The number of hydrogen-bond acceptors (Lipinski definition) is 4. The zero-order chi connectivity index (χ0) is 22.4. The molecule has 0 spiro atoms. The van der Waals surface area contributed by atoms with Crippen molar-refractivity contribution in [1.82, 2.24) is 0 Å². The van der Waals surface area contributed by atoms with Crippen molar-refractivity contribution in [3.8, 4) is 16.9 Å². The maximum absolute atomic E-state index is 13.6. The first-order chi connectivity index (χ1) is 16.2. The van der Waals surface area contributed by atoms with E-state index in [-0.39, 0.29) is 5.91 Å². The van der Waals surface area contributed by atoms with Crippen molar-refractivity contribution in [3.05, 3.63) is 114 Å². The van der Waals surface area contributed by atoms with Crippen molar-refractivity contribution in [3.63, 3.8) is 0 Å². The number of hydrogen-bond donors (Lipinski definition) is 1. The molecule has 0 radical (unpaired) electrons. The summed E-state index contributed by atoms with van der Waals surface area (Å²) in [6.07, 6.45) is 1.69. The third kappa shape index (κ3) is 2.97. The summed E-state index contributed by atoms with van der Waals surface area (Å²) in [5, 5.41) is 12.3. The highest BCUT2D eigenvalue weighted by atomic mass is 16.5. The van der Waals surface area contributed by atoms with Gasteiger partial charge in [-0.1, -0.05) is 60.7 Å². The summed E-state index contributed by atoms with van der Waals surface area (Å²) in [4.78, 5) is 19.5. The summed E-state index contributed by atoms with van der Waals surface area (Å²) >= 11 is 0. The Morgan fingerprint density at radius 3 is 2.52 bits per heavy atom. The maximum atomic E-state index is 13.6. The van der Waals surface area contributed by atoms with Gasteiger partial charge in [-0.25, -0.2) is 0 Å². The van der Waals surface area contributed by atoms with E-state index in [0.717, 1.165) is 11.1 Å². The Balaban J connectivity index is 1.55. The highest BCUT2D eigenvalue weighted by Crippen LogP contribution is 2.47. The van der Waals surface area contributed by atoms with Gasteiger partial charge in [-0.15, -0.1) is 0 Å². The highest BCUT2D eigenvalue weighted by Gasteiger charge is 2.50. The van der Waals surface area contributed by atoms with E-state index < -0.39 is 5.72 Å². The fourth-order valence-corrected chi connectivity index (χ4v) is 4.63. The number of nitrogens with zero attached hydrogens (tertiary/aromatic N) is 2. The molecule has 1 atom stereocenters. The molecule has 2 aliphatic heterocycles. The molecule has 4 aromatic rings. The lowest BCUT2D eigenvalue weighted by atomic mass is 9.92. The monoisotopic (exact) mass is 432 g/mol. The first kappa shape index (κ1) is 19.5. The van der Waals surface area contributed by atoms with Crippen LogP contribution in [-0.2, 0) is 5.72 Å². The molecule has 5 nitrogen and oxygen atoms in total. The second-order valence-electron chi connectivity index (χ2n) is 8.08. The molecular formula is C28H20N2O3. The molecule has 2 aliphatic rings. The van der Waals surface area contributed by atoms with Gasteiger partial charge in [-0.2, -0.15) is 0 Å². The molecule has 0 bridgehead atoms. The fourth-order valence-electron chi connectivity index (χ4n) is 4.63. The van der Waals surface area contributed by atoms with Gasteiger partial charge < -0.3 is 9.84 Å². The van der Waals surface area contributed by atoms with Gasteiger partial charge >= 0.3 is 0 Å². The quantitative estimate of drug-likeness (QED) is 0.478. The SMILES string of the molecule is O=C1c2ccccc2C(O)(c2ccc3c(c2)N=CCO3)N1c1cccc(-c2ccccc2)c1. The lowest BCUT2D eigenvalue weighted by molar-refractivity contribution is 0.0703. The minimum atomic E-state index is -1.69. The summed E-state index contributed by atoms with van der Waals surface area (Å²) in [6.45, 7) is 0.413. The second kappa shape index (κ2) is 7.43. The number of carbonyl (C=O) groups excluding carboxylic acids is 1. The first-order valence-electron chi connectivity index (χ1n) is 10.8. The van der Waals surface area contributed by atoms with Crippen LogP contribution in [0.2, 0.25) is 0 Å². The topological polar surface area (TPSA) is 62.1 Å². The molecule has 0 aromatic heterocycles. The van der Waals surface area contributed by atoms with Gasteiger partial charge in [0, 0.05) is 28.6 Å². The number of carbonyl (C=O) groups is 1. The Morgan fingerprint density at radius 1 is 0.848 bits per heavy atom. The Kier molecular flexibility index (Phi) is 4.38. The molecule has 5 heteroatoms. The lowest BCUT2D eigenvalue weighted by Gasteiger charge is -2.35. The second-order valence-corrected chi connectivity index (χ2v) is 8.08. The van der Waals surface area contributed by atoms with Crippen molar-refractivity contribution in [1.29, 1.82) is 0 Å². The van der Waals surface area contributed by atoms with Gasteiger partial charge in [-0.05, 0) is 47.5 Å². The van der Waals surface area contributed by atoms with Crippen LogP contribution in [0.15, 0.2) is 102 Å². The molecule has 1 unspecified atom stereocenters. The molecule has 0 aliphatic carbocycles. The summed E-state index contributed by atoms with van der Waals surface area (Å²) < 4.78 is 5.63. The molecule has 0 saturated heterocycles. The Hall–Kier alpha value is -4.22. The van der Waals surface area contributed by atoms with Gasteiger partial charge in [0.1, 0.15) is 18.0 Å². The summed E-state index contributed by atoms with van der Waals surface area (Å²) in [6, 6.07) is 30.2. The Labute approximate surface area is 191 Å². The predicted molar refractivity (Wildman–Crippen MR) is 128 cm³/mol. The average molecular weight is 432 g/mol. The van der Waals surface area contributed by atoms with E-state index in [4.69, 9.17) is 4.74 Å². The van der Waals surface area contributed by atoms with Crippen molar-refractivity contribution < 1.29 is 14.6 Å². The number of aliphatic hydroxyl groups is 1. The minimum Gasteiger partial charge on any atom is -0.486 e. The molecule has 1 amide bonds. The van der Waals surface area contributed by atoms with E-state index >= 15 is 0 Å². The van der Waals surface area contributed by atoms with Crippen LogP contribution in [0.5, 0.6) is 5.75 Å². The largest absolute Gasteiger partial charge is 0.486 e. The molecule has 0 saturated carbocycles. The molecule has 6 rings (SSSR count). The van der Waals surface area contributed by atoms with Crippen molar-refractivity contribution >= 4 is 23.5 Å². The van der Waals surface area contributed by atoms with Crippen LogP contribution in [0.1, 0.15) is 21.5 Å². The average Bonchev–Trinajstić information content (AvgIpc) is 3.12. The van der Waals surface area contributed by atoms with Crippen LogP contribution >= 0.6 is 0 Å². The lowest BCUT2D eigenvalue weighted by Crippen LogP contribution is -2.45. The van der Waals surface area contributed by atoms with Crippen LogP contribution in [-0.4, -0.2) is 23.8 Å². The molecule has 4 aromatic carbocycles. The Morgan fingerprint density at radius 2 is 1.64 bits per heavy atom. The summed E-state index contributed by atoms with van der Waals surface area (Å²) in [7, 11) is 0. The molecule has 160 valence electrons. The summed E-state index contributed by atoms with van der Waals surface area (Å²) in [5.74, 6) is 0.399. The standard InChI is InChI=1S/C28H20N2O3/c31-27-23-11-4-5-12-24(23)28(32,21-13-14-26-25(18-21)29-15-16-33-26)30(27)22-10-6-9-20(17-22)19-7-2-1-3-8-19/h1-15,17-18,32H,16H2. The van der Waals surface area contributed by atoms with Crippen LogP contribution in [0.4, 0.5) is 11.4 Å². The maximum Gasteiger partial charge on any atom is 0.261 e. The highest BCUT2D eigenvalue weighted by molar-refractivity contribution is 6.12. The number of aliphatic imine (C=N–C) groups is 1. The van der Waals surface area contributed by atoms with Crippen molar-refractivity contribution in [2.24, 2.45) is 4.99 Å². The number of rotatable bonds is 3. The fraction of sp³-hybridized carbons (Fsp3) is 0.0714. The van der Waals surface area contributed by atoms with E-state index in [1.807, 2.05) is 66.7 Å². The zero-order valence-corrected chi connectivity index (χ0v) is 17.7. The molecule has 33 heavy (non-hydrogen) atoms. The number of benzene rings is 4. The van der Waals surface area contributed by atoms with Gasteiger partial charge in [0.15, 0.2) is 5.72 Å². The molecular weight excluding hydrogens is 412 g/mol. The van der Waals surface area contributed by atoms with Crippen LogP contribution in [0, 0.1) is 0 Å². The van der Waals surface area contributed by atoms with E-state index in [0.29, 0.717) is 40.4 Å². The van der Waals surface area contributed by atoms with Crippen molar-refractivity contribution in [2.45, 2.75) is 5.72 Å². The number of fused-ring (bicyclic) bond motifs is 2. The van der Waals surface area contributed by atoms with Gasteiger partial charge in [0.05, 0.1) is 0 Å². The van der Waals surface area contributed by atoms with Crippen LogP contribution < -0.4 is 9.64 Å². The normalized spacial score (nSPS) is 18.6. The molecule has 2 heterocycles. The van der Waals surface area contributed by atoms with E-state index in [9.17, 15) is 9.90 Å². The van der Waals surface area contributed by atoms with Crippen molar-refractivity contribution in [2.75, 3.05) is 11.5 Å². The Bertz CT molecular complexity index is 1410. The smallest absolute Gasteiger partial charge is 0.261 e. The zero-order valence-electron chi connectivity index (χ0n) is 17.7.